The van der Waals surface area contributed by atoms with Crippen LogP contribution in [-0.4, -0.2) is 0 Å². The van der Waals surface area contributed by atoms with Crippen LogP contribution >= 0.6 is 0 Å². The van der Waals surface area contributed by atoms with Gasteiger partial charge in [-0.25, -0.2) is 0 Å². The number of hydrogen-bond donors (Lipinski definition) is 0. The molecule has 0 radical (unpaired) electrons. The van der Waals surface area contributed by atoms with E-state index in [4.69, 9.17) is 38.5 Å². The van der Waals surface area contributed by atoms with E-state index in [1.165, 1.54) is 0 Å². The molecule has 0 amide bonds. The highest BCUT2D eigenvalue weighted by Gasteiger charge is 2.02. The Labute approximate surface area is 143 Å². The lowest BCUT2D eigenvalue weighted by Crippen LogP contribution is -1.89. The quantitative estimate of drug-likeness (QED) is 0.597. The van der Waals surface area contributed by atoms with Crippen molar-refractivity contribution in [2.45, 2.75) is 0 Å². The number of terminal acetylenes is 6. The third-order valence-electron chi connectivity index (χ3n) is 2.55. The molecule has 0 nitrogen and oxygen atoms in total. The number of rotatable bonds is 0. The van der Waals surface area contributed by atoms with Crippen molar-refractivity contribution in [2.24, 2.45) is 0 Å². The summed E-state index contributed by atoms with van der Waals surface area (Å²) in [6, 6.07) is 0. The molecule has 0 aromatic rings. The molecule has 1 aliphatic carbocycles. The molecule has 0 N–H and O–H groups in total. The van der Waals surface area contributed by atoms with Crippen LogP contribution in [0.4, 0.5) is 0 Å². The van der Waals surface area contributed by atoms with Crippen LogP contribution in [0.2, 0.25) is 0 Å². The molecule has 0 aromatic heterocycles. The molecule has 0 heteroatoms. The zero-order valence-electron chi connectivity index (χ0n) is 12.5. The topological polar surface area (TPSA) is 0 Å². The minimum atomic E-state index is 0.182. The van der Waals surface area contributed by atoms with Gasteiger partial charge in [0.05, 0.1) is 33.4 Å². The Bertz CT molecular complexity index is 904. The summed E-state index contributed by atoms with van der Waals surface area (Å²) in [5.74, 6) is 30.3. The van der Waals surface area contributed by atoms with Gasteiger partial charge >= 0.3 is 0 Å². The minimum absolute atomic E-state index is 0.182. The van der Waals surface area contributed by atoms with E-state index in [0.717, 1.165) is 0 Å². The fraction of sp³-hybridized carbons (Fsp3) is 0. The Kier molecular flexibility index (Phi) is 6.15. The van der Waals surface area contributed by atoms with Crippen LogP contribution in [0, 0.1) is 110 Å². The van der Waals surface area contributed by atoms with Gasteiger partial charge in [0.15, 0.2) is 0 Å². The van der Waals surface area contributed by atoms with Crippen molar-refractivity contribution < 1.29 is 0 Å². The summed E-state index contributed by atoms with van der Waals surface area (Å²) >= 11 is 0. The van der Waals surface area contributed by atoms with E-state index in [2.05, 4.69) is 71.0 Å². The molecule has 0 spiro atoms. The van der Waals surface area contributed by atoms with Crippen LogP contribution in [0.15, 0.2) is 33.4 Å². The zero-order chi connectivity index (χ0) is 17.9. The highest BCUT2D eigenvalue weighted by Crippen LogP contribution is 2.08. The molecule has 24 heavy (non-hydrogen) atoms. The zero-order valence-corrected chi connectivity index (χ0v) is 12.5. The third kappa shape index (κ3) is 3.89. The standard InChI is InChI=1S/C24H6/c1-7-19-13-14-21(9-3)23(11-5)17-18-24(12-6)22(10-4)16-15-20(19)8-2/h1-6H/b20-19-,23-21-,24-22-. The Balaban J connectivity index is 4.04. The van der Waals surface area contributed by atoms with Crippen molar-refractivity contribution in [3.63, 3.8) is 0 Å². The maximum Gasteiger partial charge on any atom is 0.0986 e. The molecule has 0 saturated carbocycles. The van der Waals surface area contributed by atoms with E-state index in [9.17, 15) is 0 Å². The van der Waals surface area contributed by atoms with Gasteiger partial charge in [-0.3, -0.25) is 0 Å². The van der Waals surface area contributed by atoms with E-state index in [1.54, 1.807) is 0 Å². The largest absolute Gasteiger partial charge is 0.114 e. The Morgan fingerprint density at radius 1 is 0.333 bits per heavy atom. The molecule has 1 aliphatic rings. The van der Waals surface area contributed by atoms with Gasteiger partial charge in [-0.05, 0) is 35.5 Å². The molecule has 0 aliphatic heterocycles. The van der Waals surface area contributed by atoms with Gasteiger partial charge in [0.2, 0.25) is 0 Å². The van der Waals surface area contributed by atoms with Crippen LogP contribution < -0.4 is 0 Å². The predicted molar refractivity (Wildman–Crippen MR) is 97.4 cm³/mol. The maximum atomic E-state index is 5.43. The molecule has 0 unspecified atom stereocenters. The monoisotopic (exact) mass is 294 g/mol. The first-order chi connectivity index (χ1) is 11.6. The van der Waals surface area contributed by atoms with E-state index < -0.39 is 0 Å². The first-order valence-corrected chi connectivity index (χ1v) is 6.23. The Hall–Kier alpha value is -4.74. The summed E-state index contributed by atoms with van der Waals surface area (Å²) in [5, 5.41) is 0. The lowest BCUT2D eigenvalue weighted by molar-refractivity contribution is 1.70. The molecule has 0 aromatic carbocycles. The molecule has 0 saturated heterocycles. The highest BCUT2D eigenvalue weighted by atomic mass is 14.0. The summed E-state index contributed by atoms with van der Waals surface area (Å²) in [6.45, 7) is 0. The number of hydrogen-bond acceptors (Lipinski definition) is 0. The highest BCUT2D eigenvalue weighted by molar-refractivity contribution is 5.69. The average molecular weight is 294 g/mol. The van der Waals surface area contributed by atoms with Gasteiger partial charge in [0.1, 0.15) is 0 Å². The van der Waals surface area contributed by atoms with Crippen molar-refractivity contribution in [1.29, 1.82) is 0 Å². The van der Waals surface area contributed by atoms with Gasteiger partial charge in [-0.15, -0.1) is 38.5 Å². The van der Waals surface area contributed by atoms with Crippen molar-refractivity contribution in [2.75, 3.05) is 0 Å². The minimum Gasteiger partial charge on any atom is -0.114 e. The molecule has 0 atom stereocenters. The normalized spacial score (nSPS) is 21.2. The average Bonchev–Trinajstić information content (AvgIpc) is 2.61. The van der Waals surface area contributed by atoms with E-state index in [1.807, 2.05) is 0 Å². The van der Waals surface area contributed by atoms with Crippen molar-refractivity contribution in [3.8, 4) is 110 Å². The van der Waals surface area contributed by atoms with Crippen LogP contribution in [-0.2, 0) is 0 Å². The Morgan fingerprint density at radius 3 is 0.542 bits per heavy atom. The molecular formula is C24H6. The van der Waals surface area contributed by atoms with Crippen LogP contribution in [0.5, 0.6) is 0 Å². The van der Waals surface area contributed by atoms with Gasteiger partial charge in [-0.2, -0.15) is 0 Å². The first kappa shape index (κ1) is 17.3. The summed E-state index contributed by atoms with van der Waals surface area (Å²) in [5.41, 5.74) is 1.09. The lowest BCUT2D eigenvalue weighted by atomic mass is 10.0. The second-order valence-corrected chi connectivity index (χ2v) is 3.87. The van der Waals surface area contributed by atoms with Crippen molar-refractivity contribution in [3.05, 3.63) is 33.4 Å². The maximum absolute atomic E-state index is 5.43. The Morgan fingerprint density at radius 2 is 0.458 bits per heavy atom. The predicted octanol–water partition coefficient (Wildman–Crippen LogP) is 1.70. The molecule has 0 heterocycles. The van der Waals surface area contributed by atoms with E-state index >= 15 is 0 Å². The van der Waals surface area contributed by atoms with E-state index in [-0.39, 0.29) is 33.4 Å². The summed E-state index contributed by atoms with van der Waals surface area (Å²) in [4.78, 5) is 0. The molecule has 102 valence electrons. The SMILES string of the molecule is C#C/C1=C(\C#C)C#C/C(C#C)=C(/C#C)C#C/C(C#C)=C(/C#C)C#C1. The fourth-order valence-corrected chi connectivity index (χ4v) is 1.40. The molecule has 0 fully saturated rings. The van der Waals surface area contributed by atoms with Crippen LogP contribution in [0.3, 0.4) is 0 Å². The third-order valence-corrected chi connectivity index (χ3v) is 2.55. The second kappa shape index (κ2) is 8.53. The van der Waals surface area contributed by atoms with Gasteiger partial charge < -0.3 is 0 Å². The second-order valence-electron chi connectivity index (χ2n) is 3.87. The van der Waals surface area contributed by atoms with Crippen LogP contribution in [0.1, 0.15) is 0 Å². The molecular weight excluding hydrogens is 288 g/mol. The van der Waals surface area contributed by atoms with E-state index in [0.29, 0.717) is 0 Å². The molecule has 0 bridgehead atoms. The van der Waals surface area contributed by atoms with Gasteiger partial charge in [0.25, 0.3) is 0 Å². The van der Waals surface area contributed by atoms with Gasteiger partial charge in [-0.1, -0.05) is 35.5 Å². The number of allylic oxidation sites excluding steroid dienone is 6. The van der Waals surface area contributed by atoms with Gasteiger partial charge in [0, 0.05) is 0 Å². The van der Waals surface area contributed by atoms with Crippen molar-refractivity contribution >= 4 is 0 Å². The first-order valence-electron chi connectivity index (χ1n) is 6.23. The van der Waals surface area contributed by atoms with Crippen molar-refractivity contribution in [1.82, 2.24) is 0 Å². The lowest BCUT2D eigenvalue weighted by Gasteiger charge is -1.95. The molecule has 1 rings (SSSR count). The smallest absolute Gasteiger partial charge is 0.0986 e. The summed E-state index contributed by atoms with van der Waals surface area (Å²) in [7, 11) is 0. The summed E-state index contributed by atoms with van der Waals surface area (Å²) in [6.07, 6.45) is 32.6. The fourth-order valence-electron chi connectivity index (χ4n) is 1.40. The summed E-state index contributed by atoms with van der Waals surface area (Å²) < 4.78 is 0. The van der Waals surface area contributed by atoms with Crippen LogP contribution in [0.25, 0.3) is 0 Å².